The van der Waals surface area contributed by atoms with E-state index in [2.05, 4.69) is 62.9 Å². The van der Waals surface area contributed by atoms with Gasteiger partial charge in [0, 0.05) is 0 Å². The summed E-state index contributed by atoms with van der Waals surface area (Å²) in [4.78, 5) is 0. The Balaban J connectivity index is 0. The summed E-state index contributed by atoms with van der Waals surface area (Å²) in [5, 5.41) is 0. The minimum absolute atomic E-state index is 0.701. The molecule has 4 heteroatoms. The zero-order chi connectivity index (χ0) is 8.57. The van der Waals surface area contributed by atoms with E-state index < -0.39 is 8.67 Å². The summed E-state index contributed by atoms with van der Waals surface area (Å²) in [5.74, 6) is 0.898. The first-order valence-corrected chi connectivity index (χ1v) is 13.0. The maximum atomic E-state index is 3.24. The van der Waals surface area contributed by atoms with Crippen LogP contribution in [0.5, 0.6) is 0 Å². The normalized spacial score (nSPS) is 8.70. The van der Waals surface area contributed by atoms with Crippen molar-refractivity contribution in [3.05, 3.63) is 0 Å². The van der Waals surface area contributed by atoms with E-state index >= 15 is 0 Å². The van der Waals surface area contributed by atoms with E-state index in [0.29, 0.717) is 0 Å². The third kappa shape index (κ3) is 32.5. The van der Waals surface area contributed by atoms with Crippen molar-refractivity contribution in [1.82, 2.24) is 0 Å². The molecule has 0 aliphatic rings. The Morgan fingerprint density at radius 3 is 1.50 bits per heavy atom. The largest absolute Gasteiger partial charge is 0.542 e. The Labute approximate surface area is 89.5 Å². The fraction of sp³-hybridized carbons (Fsp3) is 1.00. The summed E-state index contributed by atoms with van der Waals surface area (Å²) in [7, 11) is -0.701. The second kappa shape index (κ2) is 11.0. The van der Waals surface area contributed by atoms with Crippen LogP contribution in [0.15, 0.2) is 0 Å². The molecule has 0 nitrogen and oxygen atoms in total. The van der Waals surface area contributed by atoms with Crippen LogP contribution in [-0.4, -0.2) is 8.67 Å². The van der Waals surface area contributed by atoms with Gasteiger partial charge in [0.2, 0.25) is 0 Å². The first-order valence-electron chi connectivity index (χ1n) is 3.42. The first kappa shape index (κ1) is 14.5. The average molecular weight is 353 g/mol. The van der Waals surface area contributed by atoms with Crippen molar-refractivity contribution in [2.24, 2.45) is 5.92 Å². The fourth-order valence-corrected chi connectivity index (χ4v) is 0.577. The molecule has 0 atom stereocenters. The van der Waals surface area contributed by atoms with Crippen molar-refractivity contribution < 1.29 is 0 Å². The average Bonchev–Trinajstić information content (AvgIpc) is 1.62. The minimum Gasteiger partial charge on any atom is -0.181 e. The molecule has 0 radical (unpaired) electrons. The molecule has 0 saturated carbocycles. The summed E-state index contributed by atoms with van der Waals surface area (Å²) in [6.07, 6.45) is 2.71. The van der Waals surface area contributed by atoms with Crippen LogP contribution in [0.2, 0.25) is 0 Å². The van der Waals surface area contributed by atoms with Crippen molar-refractivity contribution in [2.75, 3.05) is 0 Å². The predicted octanol–water partition coefficient (Wildman–Crippen LogP) is 4.60. The van der Waals surface area contributed by atoms with Crippen LogP contribution in [0.25, 0.3) is 0 Å². The van der Waals surface area contributed by atoms with Gasteiger partial charge in [-0.2, -0.15) is 42.2 Å². The fourth-order valence-electron chi connectivity index (χ4n) is 0.577. The Hall–Kier alpha value is 1.97. The van der Waals surface area contributed by atoms with Crippen LogP contribution >= 0.6 is 42.2 Å². The number of rotatable bonds is 2. The van der Waals surface area contributed by atoms with Gasteiger partial charge in [-0.1, -0.05) is 33.6 Å². The van der Waals surface area contributed by atoms with E-state index in [9.17, 15) is 0 Å². The van der Waals surface area contributed by atoms with Crippen molar-refractivity contribution in [1.29, 1.82) is 0 Å². The van der Waals surface area contributed by atoms with Gasteiger partial charge in [-0.25, -0.2) is 0 Å². The first-order chi connectivity index (χ1) is 4.50. The van der Waals surface area contributed by atoms with Crippen LogP contribution in [0, 0.1) is 5.92 Å². The molecule has 0 bridgehead atoms. The summed E-state index contributed by atoms with van der Waals surface area (Å²) in [5.41, 5.74) is 0. The summed E-state index contributed by atoms with van der Waals surface area (Å²) >= 11 is 9.73. The van der Waals surface area contributed by atoms with Crippen molar-refractivity contribution in [3.8, 4) is 0 Å². The monoisotopic (exact) mass is 350 g/mol. The summed E-state index contributed by atoms with van der Waals surface area (Å²) in [6.45, 7) is 6.73. The van der Waals surface area contributed by atoms with Gasteiger partial charge in [0.1, 0.15) is 0 Å². The second-order valence-electron chi connectivity index (χ2n) is 2.43. The molecule has 0 rings (SSSR count). The molecule has 0 aliphatic heterocycles. The van der Waals surface area contributed by atoms with Gasteiger partial charge < -0.3 is 0 Å². The van der Waals surface area contributed by atoms with Gasteiger partial charge in [-0.05, 0) is 5.92 Å². The number of halogens is 3. The van der Waals surface area contributed by atoms with E-state index in [1.807, 2.05) is 0 Å². The highest BCUT2D eigenvalue weighted by Crippen LogP contribution is 2.07. The lowest BCUT2D eigenvalue weighted by Gasteiger charge is -1.95. The van der Waals surface area contributed by atoms with Crippen LogP contribution in [0.4, 0.5) is 0 Å². The van der Waals surface area contributed by atoms with Crippen molar-refractivity contribution in [2.45, 2.75) is 33.6 Å². The number of hydrogen-bond acceptors (Lipinski definition) is 0. The molecule has 0 aliphatic carbocycles. The smallest absolute Gasteiger partial charge is 0.181 e. The summed E-state index contributed by atoms with van der Waals surface area (Å²) < 4.78 is 0. The third-order valence-corrected chi connectivity index (χ3v) is 0.866. The quantitative estimate of drug-likeness (QED) is 0.637. The van der Waals surface area contributed by atoms with Gasteiger partial charge in [-0.15, -0.1) is 0 Å². The van der Waals surface area contributed by atoms with Crippen molar-refractivity contribution in [3.63, 3.8) is 0 Å². The lowest BCUT2D eigenvalue weighted by atomic mass is 10.1. The molecule has 0 saturated heterocycles. The maximum Gasteiger partial charge on any atom is 0.542 e. The van der Waals surface area contributed by atoms with Crippen LogP contribution in [0.1, 0.15) is 33.6 Å². The zero-order valence-electron chi connectivity index (χ0n) is 6.70. The Bertz CT molecular complexity index is 54.2. The lowest BCUT2D eigenvalue weighted by molar-refractivity contribution is 0.576. The molecule has 0 heterocycles. The Morgan fingerprint density at radius 1 is 1.20 bits per heavy atom. The van der Waals surface area contributed by atoms with E-state index in [4.69, 9.17) is 0 Å². The maximum absolute atomic E-state index is 3.24. The summed E-state index contributed by atoms with van der Waals surface area (Å²) in [6, 6.07) is 0. The van der Waals surface area contributed by atoms with Gasteiger partial charge in [0.15, 0.2) is 0 Å². The molecule has 0 fully saturated rings. The van der Waals surface area contributed by atoms with Crippen molar-refractivity contribution >= 4 is 50.8 Å². The number of hydrogen-bond donors (Lipinski definition) is 0. The molecular weight excluding hydrogens is 339 g/mol. The van der Waals surface area contributed by atoms with Gasteiger partial charge in [0.25, 0.3) is 0 Å². The molecular formula is C6H14AlBr3. The molecule has 0 spiro atoms. The molecule has 10 heavy (non-hydrogen) atoms. The Kier molecular flexibility index (Phi) is 15.9. The van der Waals surface area contributed by atoms with E-state index in [1.54, 1.807) is 0 Å². The van der Waals surface area contributed by atoms with E-state index in [0.717, 1.165) is 5.92 Å². The predicted molar refractivity (Wildman–Crippen MR) is 62.3 cm³/mol. The van der Waals surface area contributed by atoms with Gasteiger partial charge >= 0.3 is 8.67 Å². The highest BCUT2D eigenvalue weighted by atomic mass is 80.0. The Morgan fingerprint density at radius 2 is 1.50 bits per heavy atom. The highest BCUT2D eigenvalue weighted by Gasteiger charge is 1.95. The minimum atomic E-state index is -0.701. The second-order valence-corrected chi connectivity index (χ2v) is 22.2. The van der Waals surface area contributed by atoms with E-state index in [-0.39, 0.29) is 0 Å². The van der Waals surface area contributed by atoms with Crippen LogP contribution in [0.3, 0.4) is 0 Å². The SMILES string of the molecule is CCCC(C)C.[Br][Al]([Br])[Br]. The standard InChI is InChI=1S/C6H14.Al.3BrH/c1-4-5-6(2)3;;;;/h6H,4-5H2,1-3H3;;3*1H/q;+3;;;/p-3. The highest BCUT2D eigenvalue weighted by molar-refractivity contribution is 9.69. The molecule has 0 aromatic carbocycles. The molecule has 0 amide bonds. The zero-order valence-corrected chi connectivity index (χ0v) is 12.6. The molecule has 62 valence electrons. The topological polar surface area (TPSA) is 0 Å². The third-order valence-electron chi connectivity index (χ3n) is 0.866. The molecule has 0 unspecified atom stereocenters. The van der Waals surface area contributed by atoms with Crippen LogP contribution in [-0.2, 0) is 0 Å². The van der Waals surface area contributed by atoms with Gasteiger partial charge in [-0.3, -0.25) is 0 Å². The van der Waals surface area contributed by atoms with E-state index in [1.165, 1.54) is 12.8 Å². The lowest BCUT2D eigenvalue weighted by Crippen LogP contribution is -1.81. The van der Waals surface area contributed by atoms with Crippen LogP contribution < -0.4 is 0 Å². The molecule has 0 N–H and O–H groups in total. The molecule has 0 aromatic heterocycles. The molecule has 0 aromatic rings. The van der Waals surface area contributed by atoms with Gasteiger partial charge in [0.05, 0.1) is 0 Å².